The van der Waals surface area contributed by atoms with Crippen molar-refractivity contribution in [1.29, 1.82) is 0 Å². The lowest BCUT2D eigenvalue weighted by atomic mass is 10.1. The molecule has 2 heterocycles. The summed E-state index contributed by atoms with van der Waals surface area (Å²) in [6.07, 6.45) is 2.41. The number of nitrogens with zero attached hydrogens (tertiary/aromatic N) is 2. The van der Waals surface area contributed by atoms with Crippen LogP contribution in [0.3, 0.4) is 0 Å². The molecule has 0 unspecified atom stereocenters. The van der Waals surface area contributed by atoms with Crippen molar-refractivity contribution in [3.8, 4) is 5.75 Å². The van der Waals surface area contributed by atoms with E-state index >= 15 is 0 Å². The minimum absolute atomic E-state index is 0.210. The zero-order valence-electron chi connectivity index (χ0n) is 17.6. The highest BCUT2D eigenvalue weighted by atomic mass is 32.2. The number of para-hydroxylation sites is 1. The molecule has 0 atom stereocenters. The zero-order valence-corrected chi connectivity index (χ0v) is 18.4. The molecule has 162 valence electrons. The van der Waals surface area contributed by atoms with Gasteiger partial charge in [-0.05, 0) is 44.0 Å². The third kappa shape index (κ3) is 5.85. The molecule has 9 heteroatoms. The van der Waals surface area contributed by atoms with E-state index in [0.717, 1.165) is 29.0 Å². The van der Waals surface area contributed by atoms with Crippen LogP contribution in [0.25, 0.3) is 0 Å². The summed E-state index contributed by atoms with van der Waals surface area (Å²) in [5.74, 6) is 1.03. The quantitative estimate of drug-likeness (QED) is 0.408. The molecule has 2 amide bonds. The van der Waals surface area contributed by atoms with Crippen LogP contribution in [-0.2, 0) is 17.0 Å². The summed E-state index contributed by atoms with van der Waals surface area (Å²) in [7, 11) is 0. The number of aromatic nitrogens is 2. The SMILES string of the molecule is CCc1ccccc1OCC(=O)NNC(=O)c1cccnc1SCc1c(C)noc1C. The van der Waals surface area contributed by atoms with Crippen LogP contribution < -0.4 is 15.6 Å². The van der Waals surface area contributed by atoms with Crippen LogP contribution in [0.5, 0.6) is 5.75 Å². The molecule has 0 spiro atoms. The molecule has 0 fully saturated rings. The first-order valence-corrected chi connectivity index (χ1v) is 10.8. The Bertz CT molecular complexity index is 1050. The van der Waals surface area contributed by atoms with E-state index in [0.29, 0.717) is 22.1 Å². The van der Waals surface area contributed by atoms with Gasteiger partial charge in [-0.15, -0.1) is 11.8 Å². The molecule has 0 bridgehead atoms. The third-order valence-electron chi connectivity index (χ3n) is 4.58. The van der Waals surface area contributed by atoms with Gasteiger partial charge in [-0.25, -0.2) is 4.98 Å². The summed E-state index contributed by atoms with van der Waals surface area (Å²) in [6, 6.07) is 10.8. The van der Waals surface area contributed by atoms with Gasteiger partial charge in [0.15, 0.2) is 6.61 Å². The highest BCUT2D eigenvalue weighted by Crippen LogP contribution is 2.27. The van der Waals surface area contributed by atoms with Gasteiger partial charge in [0.2, 0.25) is 0 Å². The monoisotopic (exact) mass is 440 g/mol. The van der Waals surface area contributed by atoms with E-state index in [-0.39, 0.29) is 6.61 Å². The molecule has 3 aromatic rings. The molecule has 0 aliphatic carbocycles. The number of carbonyl (C=O) groups is 2. The number of hydrogen-bond acceptors (Lipinski definition) is 7. The topological polar surface area (TPSA) is 106 Å². The second kappa shape index (κ2) is 10.6. The van der Waals surface area contributed by atoms with Gasteiger partial charge in [0.05, 0.1) is 11.3 Å². The van der Waals surface area contributed by atoms with Crippen LogP contribution in [0.4, 0.5) is 0 Å². The molecule has 31 heavy (non-hydrogen) atoms. The van der Waals surface area contributed by atoms with Crippen molar-refractivity contribution < 1.29 is 18.8 Å². The Labute approximate surface area is 184 Å². The molecule has 0 saturated carbocycles. The van der Waals surface area contributed by atoms with E-state index in [9.17, 15) is 9.59 Å². The highest BCUT2D eigenvalue weighted by molar-refractivity contribution is 7.98. The largest absolute Gasteiger partial charge is 0.483 e. The van der Waals surface area contributed by atoms with E-state index in [4.69, 9.17) is 9.26 Å². The number of rotatable bonds is 8. The van der Waals surface area contributed by atoms with Crippen LogP contribution in [0.1, 0.15) is 39.9 Å². The standard InChI is InChI=1S/C22H24N4O4S/c1-4-16-8-5-6-10-19(16)29-12-20(27)24-25-21(28)17-9-7-11-23-22(17)31-13-18-14(2)26-30-15(18)3/h5-11H,4,12-13H2,1-3H3,(H,24,27)(H,25,28). The fourth-order valence-electron chi connectivity index (χ4n) is 2.84. The second-order valence-corrected chi connectivity index (χ2v) is 7.66. The molecule has 0 aliphatic rings. The van der Waals surface area contributed by atoms with E-state index in [1.54, 1.807) is 18.3 Å². The lowest BCUT2D eigenvalue weighted by Gasteiger charge is -2.12. The summed E-state index contributed by atoms with van der Waals surface area (Å²) >= 11 is 1.40. The average molecular weight is 441 g/mol. The molecule has 0 radical (unpaired) electrons. The van der Waals surface area contributed by atoms with Gasteiger partial charge < -0.3 is 9.26 Å². The lowest BCUT2D eigenvalue weighted by Crippen LogP contribution is -2.44. The smallest absolute Gasteiger partial charge is 0.276 e. The van der Waals surface area contributed by atoms with Crippen LogP contribution in [0, 0.1) is 13.8 Å². The van der Waals surface area contributed by atoms with Crippen LogP contribution in [-0.4, -0.2) is 28.6 Å². The predicted octanol–water partition coefficient (Wildman–Crippen LogP) is 3.38. The molecule has 0 saturated heterocycles. The van der Waals surface area contributed by atoms with Crippen LogP contribution >= 0.6 is 11.8 Å². The maximum atomic E-state index is 12.6. The molecular weight excluding hydrogens is 416 g/mol. The molecule has 8 nitrogen and oxygen atoms in total. The van der Waals surface area contributed by atoms with Gasteiger partial charge >= 0.3 is 0 Å². The number of nitrogens with one attached hydrogen (secondary N) is 2. The van der Waals surface area contributed by atoms with Crippen molar-refractivity contribution in [2.24, 2.45) is 0 Å². The summed E-state index contributed by atoms with van der Waals surface area (Å²) in [5.41, 5.74) is 7.94. The zero-order chi connectivity index (χ0) is 22.2. The minimum atomic E-state index is -0.465. The van der Waals surface area contributed by atoms with Crippen LogP contribution in [0.15, 0.2) is 52.1 Å². The summed E-state index contributed by atoms with van der Waals surface area (Å²) < 4.78 is 10.7. The summed E-state index contributed by atoms with van der Waals surface area (Å²) in [5, 5.41) is 4.48. The highest BCUT2D eigenvalue weighted by Gasteiger charge is 2.16. The van der Waals surface area contributed by atoms with Gasteiger partial charge in [0.1, 0.15) is 16.5 Å². The maximum Gasteiger partial charge on any atom is 0.276 e. The molecule has 1 aromatic carbocycles. The average Bonchev–Trinajstić information content (AvgIpc) is 3.12. The van der Waals surface area contributed by atoms with E-state index < -0.39 is 11.8 Å². The minimum Gasteiger partial charge on any atom is -0.483 e. The number of aryl methyl sites for hydroxylation is 3. The number of benzene rings is 1. The Hall–Kier alpha value is -3.33. The Kier molecular flexibility index (Phi) is 7.66. The van der Waals surface area contributed by atoms with Gasteiger partial charge in [-0.2, -0.15) is 0 Å². The molecule has 0 aliphatic heterocycles. The number of pyridine rings is 1. The number of ether oxygens (including phenoxy) is 1. The number of thioether (sulfide) groups is 1. The van der Waals surface area contributed by atoms with Crippen molar-refractivity contribution in [2.75, 3.05) is 6.61 Å². The first-order valence-electron chi connectivity index (χ1n) is 9.79. The third-order valence-corrected chi connectivity index (χ3v) is 5.61. The Morgan fingerprint density at radius 3 is 2.68 bits per heavy atom. The lowest BCUT2D eigenvalue weighted by molar-refractivity contribution is -0.123. The molecule has 2 aromatic heterocycles. The summed E-state index contributed by atoms with van der Waals surface area (Å²) in [6.45, 7) is 5.52. The molecular formula is C22H24N4O4S. The summed E-state index contributed by atoms with van der Waals surface area (Å²) in [4.78, 5) is 29.0. The van der Waals surface area contributed by atoms with Gasteiger partial charge in [-0.3, -0.25) is 20.4 Å². The fourth-order valence-corrected chi connectivity index (χ4v) is 3.98. The van der Waals surface area contributed by atoms with Crippen LogP contribution in [0.2, 0.25) is 0 Å². The number of amides is 2. The fraction of sp³-hybridized carbons (Fsp3) is 0.273. The van der Waals surface area contributed by atoms with E-state index in [2.05, 4.69) is 21.0 Å². The Balaban J connectivity index is 1.55. The van der Waals surface area contributed by atoms with E-state index in [1.807, 2.05) is 45.0 Å². The maximum absolute atomic E-state index is 12.6. The Morgan fingerprint density at radius 1 is 1.13 bits per heavy atom. The van der Waals surface area contributed by atoms with Gasteiger partial charge in [0, 0.05) is 17.5 Å². The van der Waals surface area contributed by atoms with Crippen molar-refractivity contribution in [1.82, 2.24) is 21.0 Å². The molecule has 2 N–H and O–H groups in total. The molecule has 3 rings (SSSR count). The normalized spacial score (nSPS) is 10.5. The van der Waals surface area contributed by atoms with Crippen molar-refractivity contribution in [3.05, 3.63) is 70.7 Å². The predicted molar refractivity (Wildman–Crippen MR) is 117 cm³/mol. The Morgan fingerprint density at radius 2 is 1.94 bits per heavy atom. The second-order valence-electron chi connectivity index (χ2n) is 6.70. The van der Waals surface area contributed by atoms with Gasteiger partial charge in [0.25, 0.3) is 11.8 Å². The van der Waals surface area contributed by atoms with E-state index in [1.165, 1.54) is 11.8 Å². The number of hydrogen-bond donors (Lipinski definition) is 2. The van der Waals surface area contributed by atoms with Gasteiger partial charge in [-0.1, -0.05) is 30.3 Å². The van der Waals surface area contributed by atoms with Crippen molar-refractivity contribution >= 4 is 23.6 Å². The van der Waals surface area contributed by atoms with Crippen molar-refractivity contribution in [2.45, 2.75) is 38.0 Å². The number of hydrazine groups is 1. The first-order chi connectivity index (χ1) is 15.0. The first kappa shape index (κ1) is 22.4. The number of carbonyl (C=O) groups excluding carboxylic acids is 2. The van der Waals surface area contributed by atoms with Crippen molar-refractivity contribution in [3.63, 3.8) is 0 Å².